The van der Waals surface area contributed by atoms with Gasteiger partial charge in [0.25, 0.3) is 5.91 Å². The molecule has 3 rings (SSSR count). The fourth-order valence-corrected chi connectivity index (χ4v) is 4.06. The highest BCUT2D eigenvalue weighted by atomic mass is 16.4. The van der Waals surface area contributed by atoms with Crippen LogP contribution in [-0.4, -0.2) is 35.5 Å². The summed E-state index contributed by atoms with van der Waals surface area (Å²) in [4.78, 5) is 38.0. The van der Waals surface area contributed by atoms with Gasteiger partial charge in [0.2, 0.25) is 5.91 Å². The van der Waals surface area contributed by atoms with E-state index in [-0.39, 0.29) is 11.8 Å². The molecule has 0 aromatic heterocycles. The molecule has 2 aliphatic rings. The summed E-state index contributed by atoms with van der Waals surface area (Å²) in [6.45, 7) is 2.12. The topological polar surface area (TPSA) is 86.7 Å². The molecule has 0 saturated heterocycles. The second-order valence-electron chi connectivity index (χ2n) is 7.49. The van der Waals surface area contributed by atoms with Gasteiger partial charge in [-0.05, 0) is 61.8 Å². The summed E-state index contributed by atoms with van der Waals surface area (Å²) >= 11 is 0. The molecule has 140 valence electrons. The Kier molecular flexibility index (Phi) is 5.03. The number of carboxylic acids is 1. The van der Waals surface area contributed by atoms with Crippen molar-refractivity contribution in [2.75, 3.05) is 11.9 Å². The first-order chi connectivity index (χ1) is 12.4. The van der Waals surface area contributed by atoms with Crippen LogP contribution in [0.4, 0.5) is 5.69 Å². The summed E-state index contributed by atoms with van der Waals surface area (Å²) in [5.74, 6) is -0.711. The third-order valence-corrected chi connectivity index (χ3v) is 5.98. The first kappa shape index (κ1) is 18.4. The number of amides is 2. The Balaban J connectivity index is 1.79. The fraction of sp³-hybridized carbons (Fsp3) is 0.550. The van der Waals surface area contributed by atoms with E-state index in [1.165, 1.54) is 0 Å². The first-order valence-corrected chi connectivity index (χ1v) is 9.31. The Morgan fingerprint density at radius 1 is 1.27 bits per heavy atom. The van der Waals surface area contributed by atoms with Crippen LogP contribution in [0.15, 0.2) is 18.2 Å². The Morgan fingerprint density at radius 2 is 1.96 bits per heavy atom. The molecule has 1 aliphatic heterocycles. The van der Waals surface area contributed by atoms with Gasteiger partial charge in [-0.15, -0.1) is 0 Å². The molecule has 0 atom stereocenters. The molecule has 6 nitrogen and oxygen atoms in total. The maximum Gasteiger partial charge on any atom is 0.329 e. The monoisotopic (exact) mass is 358 g/mol. The van der Waals surface area contributed by atoms with Gasteiger partial charge < -0.3 is 15.3 Å². The van der Waals surface area contributed by atoms with E-state index in [2.05, 4.69) is 12.2 Å². The van der Waals surface area contributed by atoms with E-state index >= 15 is 0 Å². The summed E-state index contributed by atoms with van der Waals surface area (Å²) in [7, 11) is 1.73. The minimum absolute atomic E-state index is 0.0622. The van der Waals surface area contributed by atoms with Gasteiger partial charge in [0.05, 0.1) is 0 Å². The third-order valence-electron chi connectivity index (χ3n) is 5.98. The van der Waals surface area contributed by atoms with Crippen molar-refractivity contribution in [1.82, 2.24) is 5.32 Å². The molecule has 2 amide bonds. The fourth-order valence-electron chi connectivity index (χ4n) is 4.06. The van der Waals surface area contributed by atoms with Crippen molar-refractivity contribution in [3.05, 3.63) is 29.3 Å². The van der Waals surface area contributed by atoms with Crippen molar-refractivity contribution < 1.29 is 19.5 Å². The number of nitrogens with one attached hydrogen (secondary N) is 1. The predicted octanol–water partition coefficient (Wildman–Crippen LogP) is 2.75. The van der Waals surface area contributed by atoms with Crippen molar-refractivity contribution in [1.29, 1.82) is 0 Å². The Morgan fingerprint density at radius 3 is 2.58 bits per heavy atom. The minimum atomic E-state index is -1.18. The number of anilines is 1. The normalized spacial score (nSPS) is 25.5. The molecule has 1 aromatic rings. The number of hydrogen-bond acceptors (Lipinski definition) is 3. The second-order valence-corrected chi connectivity index (χ2v) is 7.49. The van der Waals surface area contributed by atoms with Crippen LogP contribution < -0.4 is 10.2 Å². The minimum Gasteiger partial charge on any atom is -0.480 e. The molecule has 6 heteroatoms. The molecule has 1 fully saturated rings. The number of fused-ring (bicyclic) bond motifs is 1. The van der Waals surface area contributed by atoms with Crippen LogP contribution in [0.2, 0.25) is 0 Å². The van der Waals surface area contributed by atoms with E-state index in [4.69, 9.17) is 0 Å². The van der Waals surface area contributed by atoms with Gasteiger partial charge in [-0.3, -0.25) is 9.59 Å². The summed E-state index contributed by atoms with van der Waals surface area (Å²) in [6, 6.07) is 5.21. The van der Waals surface area contributed by atoms with Crippen molar-refractivity contribution in [3.8, 4) is 0 Å². The molecule has 0 unspecified atom stereocenters. The molecular formula is C20H26N2O4. The Bertz CT molecular complexity index is 735. The SMILES string of the molecule is CCC1CCC(NC(=O)c2ccc3c(c2)CCC(=O)N3C)(C(=O)O)CC1. The predicted molar refractivity (Wildman–Crippen MR) is 98.3 cm³/mol. The maximum atomic E-state index is 12.8. The zero-order chi connectivity index (χ0) is 18.9. The summed E-state index contributed by atoms with van der Waals surface area (Å²) in [5.41, 5.74) is 1.03. The van der Waals surface area contributed by atoms with Crippen molar-refractivity contribution in [2.45, 2.75) is 57.4 Å². The molecule has 0 spiro atoms. The number of benzene rings is 1. The molecule has 1 heterocycles. The van der Waals surface area contributed by atoms with Gasteiger partial charge >= 0.3 is 5.97 Å². The highest BCUT2D eigenvalue weighted by molar-refractivity contribution is 6.00. The van der Waals surface area contributed by atoms with Crippen molar-refractivity contribution in [3.63, 3.8) is 0 Å². The van der Waals surface area contributed by atoms with Gasteiger partial charge in [-0.25, -0.2) is 4.79 Å². The smallest absolute Gasteiger partial charge is 0.329 e. The number of carbonyl (C=O) groups excluding carboxylic acids is 2. The number of carbonyl (C=O) groups is 3. The molecule has 1 saturated carbocycles. The van der Waals surface area contributed by atoms with Gasteiger partial charge in [-0.1, -0.05) is 13.3 Å². The molecule has 2 N–H and O–H groups in total. The molecular weight excluding hydrogens is 332 g/mol. The molecule has 0 radical (unpaired) electrons. The van der Waals surface area contributed by atoms with E-state index < -0.39 is 11.5 Å². The summed E-state index contributed by atoms with van der Waals surface area (Å²) in [5, 5.41) is 12.5. The first-order valence-electron chi connectivity index (χ1n) is 9.31. The van der Waals surface area contributed by atoms with Gasteiger partial charge in [0.1, 0.15) is 5.54 Å². The molecule has 1 aliphatic carbocycles. The lowest BCUT2D eigenvalue weighted by Gasteiger charge is -2.37. The second kappa shape index (κ2) is 7.09. The number of aryl methyl sites for hydroxylation is 1. The van der Waals surface area contributed by atoms with Crippen LogP contribution in [0.25, 0.3) is 0 Å². The van der Waals surface area contributed by atoms with E-state index in [0.717, 1.165) is 30.5 Å². The van der Waals surface area contributed by atoms with Crippen LogP contribution in [0.5, 0.6) is 0 Å². The Hall–Kier alpha value is -2.37. The number of hydrogen-bond donors (Lipinski definition) is 2. The number of rotatable bonds is 4. The maximum absolute atomic E-state index is 12.8. The van der Waals surface area contributed by atoms with E-state index in [0.29, 0.717) is 37.2 Å². The van der Waals surface area contributed by atoms with Crippen LogP contribution in [-0.2, 0) is 16.0 Å². The lowest BCUT2D eigenvalue weighted by Crippen LogP contribution is -2.56. The number of nitrogens with zero attached hydrogens (tertiary/aromatic N) is 1. The van der Waals surface area contributed by atoms with Crippen molar-refractivity contribution >= 4 is 23.5 Å². The highest BCUT2D eigenvalue weighted by Gasteiger charge is 2.43. The average Bonchev–Trinajstić information content (AvgIpc) is 2.65. The van der Waals surface area contributed by atoms with E-state index in [9.17, 15) is 19.5 Å². The standard InChI is InChI=1S/C20H26N2O4/c1-3-13-8-10-20(11-9-13,19(25)26)21-18(24)15-4-6-16-14(12-15)5-7-17(23)22(16)2/h4,6,12-13H,3,5,7-11H2,1-2H3,(H,21,24)(H,25,26). The zero-order valence-corrected chi connectivity index (χ0v) is 15.4. The van der Waals surface area contributed by atoms with E-state index in [1.54, 1.807) is 30.1 Å². The highest BCUT2D eigenvalue weighted by Crippen LogP contribution is 2.34. The average molecular weight is 358 g/mol. The zero-order valence-electron chi connectivity index (χ0n) is 15.4. The van der Waals surface area contributed by atoms with Crippen molar-refractivity contribution in [2.24, 2.45) is 5.92 Å². The number of carboxylic acid groups (broad SMARTS) is 1. The van der Waals surface area contributed by atoms with Crippen LogP contribution in [0.1, 0.15) is 61.4 Å². The van der Waals surface area contributed by atoms with Crippen LogP contribution in [0.3, 0.4) is 0 Å². The number of aliphatic carboxylic acids is 1. The quantitative estimate of drug-likeness (QED) is 0.866. The Labute approximate surface area is 153 Å². The summed E-state index contributed by atoms with van der Waals surface area (Å²) in [6.07, 6.45) is 4.64. The van der Waals surface area contributed by atoms with Gasteiger partial charge in [0.15, 0.2) is 0 Å². The lowest BCUT2D eigenvalue weighted by atomic mass is 9.75. The van der Waals surface area contributed by atoms with Crippen LogP contribution in [0, 0.1) is 5.92 Å². The third kappa shape index (κ3) is 3.32. The molecule has 26 heavy (non-hydrogen) atoms. The van der Waals surface area contributed by atoms with Gasteiger partial charge in [-0.2, -0.15) is 0 Å². The largest absolute Gasteiger partial charge is 0.480 e. The van der Waals surface area contributed by atoms with Crippen LogP contribution >= 0.6 is 0 Å². The van der Waals surface area contributed by atoms with E-state index in [1.807, 2.05) is 0 Å². The molecule has 1 aromatic carbocycles. The van der Waals surface area contributed by atoms with Gasteiger partial charge in [0, 0.05) is 24.7 Å². The lowest BCUT2D eigenvalue weighted by molar-refractivity contribution is -0.146. The summed E-state index contributed by atoms with van der Waals surface area (Å²) < 4.78 is 0. The molecule has 0 bridgehead atoms.